The average molecular weight is 274 g/mol. The number of carboxylic acid groups (broad SMARTS) is 1. The van der Waals surface area contributed by atoms with E-state index in [0.29, 0.717) is 0 Å². The zero-order valence-corrected chi connectivity index (χ0v) is 11.4. The number of hydrogen-bond acceptors (Lipinski definition) is 5. The Bertz CT molecular complexity index is 522. The molecular formula is C14H18N4O2. The number of carboxylic acids is 1. The molecule has 1 aromatic carbocycles. The van der Waals surface area contributed by atoms with E-state index in [1.807, 2.05) is 7.05 Å². The third-order valence-electron chi connectivity index (χ3n) is 2.97. The largest absolute Gasteiger partial charge is 0.478 e. The van der Waals surface area contributed by atoms with E-state index in [-0.39, 0.29) is 5.56 Å². The lowest BCUT2D eigenvalue weighted by Gasteiger charge is -2.15. The lowest BCUT2D eigenvalue weighted by Crippen LogP contribution is -2.35. The minimum Gasteiger partial charge on any atom is -0.478 e. The summed E-state index contributed by atoms with van der Waals surface area (Å²) in [6.45, 7) is 1.72. The van der Waals surface area contributed by atoms with Crippen molar-refractivity contribution in [2.75, 3.05) is 20.1 Å². The van der Waals surface area contributed by atoms with Crippen LogP contribution >= 0.6 is 0 Å². The molecule has 0 fully saturated rings. The first-order valence-corrected chi connectivity index (χ1v) is 6.56. The summed E-state index contributed by atoms with van der Waals surface area (Å²) in [5.74, 6) is -0.163. The first-order chi connectivity index (χ1) is 9.66. The molecule has 1 aliphatic rings. The van der Waals surface area contributed by atoms with Crippen LogP contribution in [-0.4, -0.2) is 48.4 Å². The summed E-state index contributed by atoms with van der Waals surface area (Å²) in [5, 5.41) is 18.0. The predicted molar refractivity (Wildman–Crippen MR) is 78.3 cm³/mol. The van der Waals surface area contributed by atoms with Gasteiger partial charge >= 0.3 is 5.97 Å². The van der Waals surface area contributed by atoms with Gasteiger partial charge in [0, 0.05) is 20.1 Å². The Morgan fingerprint density at radius 2 is 2.15 bits per heavy atom. The van der Waals surface area contributed by atoms with E-state index in [0.717, 1.165) is 37.5 Å². The fourth-order valence-electron chi connectivity index (χ4n) is 1.81. The van der Waals surface area contributed by atoms with Crippen LogP contribution in [0.5, 0.6) is 0 Å². The molecule has 0 saturated heterocycles. The molecular weight excluding hydrogens is 256 g/mol. The van der Waals surface area contributed by atoms with E-state index in [4.69, 9.17) is 5.11 Å². The van der Waals surface area contributed by atoms with Gasteiger partial charge in [-0.05, 0) is 30.5 Å². The molecule has 106 valence electrons. The lowest BCUT2D eigenvalue weighted by molar-refractivity contribution is 0.0697. The molecule has 0 atom stereocenters. The molecule has 0 radical (unpaired) electrons. The van der Waals surface area contributed by atoms with Crippen LogP contribution in [0.2, 0.25) is 0 Å². The molecule has 6 heteroatoms. The standard InChI is InChI=1S/C14H18N4O2/c1-18(14-15-8-2-3-9-16-14)17-10-11-4-6-12(7-5-11)13(19)20/h4-7,10H,2-3,8-9H2,1H3,(H,15,16)(H,19,20)/b17-10+. The maximum atomic E-state index is 10.8. The number of carbonyl (C=O) groups is 1. The average Bonchev–Trinajstić information content (AvgIpc) is 2.74. The SMILES string of the molecule is CN(/N=C/c1ccc(C(=O)O)cc1)C1=NCCCCN1. The summed E-state index contributed by atoms with van der Waals surface area (Å²) in [6.07, 6.45) is 3.88. The highest BCUT2D eigenvalue weighted by Crippen LogP contribution is 2.03. The van der Waals surface area contributed by atoms with Crippen molar-refractivity contribution in [1.29, 1.82) is 0 Å². The second kappa shape index (κ2) is 6.70. The van der Waals surface area contributed by atoms with E-state index in [9.17, 15) is 4.79 Å². The number of hydrogen-bond donors (Lipinski definition) is 2. The van der Waals surface area contributed by atoms with Crippen molar-refractivity contribution >= 4 is 18.1 Å². The van der Waals surface area contributed by atoms with Crippen LogP contribution in [0.1, 0.15) is 28.8 Å². The Morgan fingerprint density at radius 1 is 1.40 bits per heavy atom. The molecule has 2 rings (SSSR count). The van der Waals surface area contributed by atoms with Gasteiger partial charge in [0.15, 0.2) is 0 Å². The van der Waals surface area contributed by atoms with Crippen molar-refractivity contribution in [3.63, 3.8) is 0 Å². The van der Waals surface area contributed by atoms with Gasteiger partial charge in [0.2, 0.25) is 5.96 Å². The number of hydrazone groups is 1. The van der Waals surface area contributed by atoms with Crippen LogP contribution in [0.4, 0.5) is 0 Å². The molecule has 0 amide bonds. The molecule has 1 aliphatic heterocycles. The summed E-state index contributed by atoms with van der Waals surface area (Å²) < 4.78 is 0. The van der Waals surface area contributed by atoms with Crippen molar-refractivity contribution in [2.24, 2.45) is 10.1 Å². The van der Waals surface area contributed by atoms with Crippen molar-refractivity contribution < 1.29 is 9.90 Å². The van der Waals surface area contributed by atoms with E-state index < -0.39 is 5.97 Å². The van der Waals surface area contributed by atoms with Gasteiger partial charge in [-0.15, -0.1) is 0 Å². The monoisotopic (exact) mass is 274 g/mol. The smallest absolute Gasteiger partial charge is 0.335 e. The number of aliphatic imine (C=N–C) groups is 1. The third kappa shape index (κ3) is 3.81. The quantitative estimate of drug-likeness (QED) is 0.645. The zero-order valence-electron chi connectivity index (χ0n) is 11.4. The van der Waals surface area contributed by atoms with E-state index in [1.165, 1.54) is 0 Å². The van der Waals surface area contributed by atoms with Crippen molar-refractivity contribution in [1.82, 2.24) is 10.3 Å². The van der Waals surface area contributed by atoms with Gasteiger partial charge in [-0.2, -0.15) is 5.10 Å². The summed E-state index contributed by atoms with van der Waals surface area (Å²) in [5.41, 5.74) is 1.11. The Kier molecular flexibility index (Phi) is 4.70. The molecule has 0 saturated carbocycles. The molecule has 20 heavy (non-hydrogen) atoms. The summed E-state index contributed by atoms with van der Waals surface area (Å²) >= 11 is 0. The van der Waals surface area contributed by atoms with Gasteiger partial charge in [-0.3, -0.25) is 4.99 Å². The highest BCUT2D eigenvalue weighted by Gasteiger charge is 2.06. The topological polar surface area (TPSA) is 77.3 Å². The highest BCUT2D eigenvalue weighted by molar-refractivity contribution is 5.89. The Hall–Kier alpha value is -2.37. The van der Waals surface area contributed by atoms with Crippen LogP contribution in [0.25, 0.3) is 0 Å². The first-order valence-electron chi connectivity index (χ1n) is 6.56. The Morgan fingerprint density at radius 3 is 2.85 bits per heavy atom. The minimum absolute atomic E-state index is 0.269. The van der Waals surface area contributed by atoms with E-state index in [2.05, 4.69) is 15.4 Å². The second-order valence-corrected chi connectivity index (χ2v) is 4.53. The van der Waals surface area contributed by atoms with Crippen LogP contribution in [0.3, 0.4) is 0 Å². The van der Waals surface area contributed by atoms with Gasteiger partial charge < -0.3 is 10.4 Å². The first kappa shape index (κ1) is 14.0. The van der Waals surface area contributed by atoms with Crippen LogP contribution < -0.4 is 5.32 Å². The number of rotatable bonds is 3. The molecule has 0 bridgehead atoms. The summed E-state index contributed by atoms with van der Waals surface area (Å²) in [7, 11) is 1.83. The minimum atomic E-state index is -0.928. The Balaban J connectivity index is 2.00. The zero-order chi connectivity index (χ0) is 14.4. The van der Waals surface area contributed by atoms with Gasteiger partial charge in [-0.25, -0.2) is 9.80 Å². The molecule has 0 aromatic heterocycles. The van der Waals surface area contributed by atoms with Gasteiger partial charge in [0.05, 0.1) is 11.8 Å². The molecule has 0 unspecified atom stereocenters. The summed E-state index contributed by atoms with van der Waals surface area (Å²) in [4.78, 5) is 15.2. The molecule has 6 nitrogen and oxygen atoms in total. The number of nitrogens with zero attached hydrogens (tertiary/aromatic N) is 3. The third-order valence-corrected chi connectivity index (χ3v) is 2.97. The molecule has 1 aromatic rings. The lowest BCUT2D eigenvalue weighted by atomic mass is 10.1. The maximum absolute atomic E-state index is 10.8. The predicted octanol–water partition coefficient (Wildman–Crippen LogP) is 1.39. The van der Waals surface area contributed by atoms with Crippen LogP contribution in [-0.2, 0) is 0 Å². The normalized spacial score (nSPS) is 15.3. The van der Waals surface area contributed by atoms with Gasteiger partial charge in [0.1, 0.15) is 0 Å². The summed E-state index contributed by atoms with van der Waals surface area (Å²) in [6, 6.07) is 6.57. The van der Waals surface area contributed by atoms with Crippen LogP contribution in [0, 0.1) is 0 Å². The molecule has 2 N–H and O–H groups in total. The second-order valence-electron chi connectivity index (χ2n) is 4.53. The number of benzene rings is 1. The van der Waals surface area contributed by atoms with E-state index >= 15 is 0 Å². The fraction of sp³-hybridized carbons (Fsp3) is 0.357. The molecule has 1 heterocycles. The number of guanidine groups is 1. The van der Waals surface area contributed by atoms with E-state index in [1.54, 1.807) is 35.5 Å². The molecule has 0 aliphatic carbocycles. The number of aromatic carboxylic acids is 1. The molecule has 0 spiro atoms. The van der Waals surface area contributed by atoms with Crippen LogP contribution in [0.15, 0.2) is 34.4 Å². The highest BCUT2D eigenvalue weighted by atomic mass is 16.4. The van der Waals surface area contributed by atoms with Crippen molar-refractivity contribution in [2.45, 2.75) is 12.8 Å². The van der Waals surface area contributed by atoms with Gasteiger partial charge in [0.25, 0.3) is 0 Å². The fourth-order valence-corrected chi connectivity index (χ4v) is 1.81. The van der Waals surface area contributed by atoms with Gasteiger partial charge in [-0.1, -0.05) is 12.1 Å². The van der Waals surface area contributed by atoms with Crippen molar-refractivity contribution in [3.05, 3.63) is 35.4 Å². The number of nitrogens with one attached hydrogen (secondary N) is 1. The van der Waals surface area contributed by atoms with Crippen molar-refractivity contribution in [3.8, 4) is 0 Å². The maximum Gasteiger partial charge on any atom is 0.335 e. The Labute approximate surface area is 117 Å².